The smallest absolute Gasteiger partial charge is 0.231 e. The van der Waals surface area contributed by atoms with Gasteiger partial charge in [-0.05, 0) is 37.7 Å². The molecule has 0 aromatic heterocycles. The molecule has 18 heavy (non-hydrogen) atoms. The van der Waals surface area contributed by atoms with E-state index in [0.717, 1.165) is 15.7 Å². The van der Waals surface area contributed by atoms with Crippen LogP contribution in [0, 0.1) is 12.8 Å². The van der Waals surface area contributed by atoms with Gasteiger partial charge in [-0.1, -0.05) is 15.9 Å². The third kappa shape index (κ3) is 2.91. The Kier molecular flexibility index (Phi) is 4.37. The lowest BCUT2D eigenvalue weighted by atomic mass is 10.0. The molecule has 0 spiro atoms. The fraction of sp³-hybridized carbons (Fsp3) is 0.462. The van der Waals surface area contributed by atoms with E-state index in [1.54, 1.807) is 0 Å². The SMILES string of the molecule is CNC1COCC1C(=O)Nc1ccc(Br)c(C)c1. The molecule has 0 aliphatic carbocycles. The highest BCUT2D eigenvalue weighted by Crippen LogP contribution is 2.21. The number of benzene rings is 1. The minimum absolute atomic E-state index is 0.00794. The summed E-state index contributed by atoms with van der Waals surface area (Å²) in [6.45, 7) is 3.07. The van der Waals surface area contributed by atoms with Crippen molar-refractivity contribution in [3.8, 4) is 0 Å². The van der Waals surface area contributed by atoms with Crippen LogP contribution in [0.1, 0.15) is 5.56 Å². The minimum atomic E-state index is -0.126. The molecule has 2 N–H and O–H groups in total. The topological polar surface area (TPSA) is 50.4 Å². The molecular formula is C13H17BrN2O2. The van der Waals surface area contributed by atoms with E-state index in [1.165, 1.54) is 0 Å². The van der Waals surface area contributed by atoms with Gasteiger partial charge >= 0.3 is 0 Å². The maximum Gasteiger partial charge on any atom is 0.231 e. The molecule has 2 rings (SSSR count). The number of anilines is 1. The van der Waals surface area contributed by atoms with Crippen molar-refractivity contribution >= 4 is 27.5 Å². The fourth-order valence-corrected chi connectivity index (χ4v) is 2.30. The molecule has 1 heterocycles. The number of likely N-dealkylation sites (N-methyl/N-ethyl adjacent to an activating group) is 1. The van der Waals surface area contributed by atoms with Crippen molar-refractivity contribution in [3.05, 3.63) is 28.2 Å². The maximum absolute atomic E-state index is 12.1. The summed E-state index contributed by atoms with van der Waals surface area (Å²) in [6, 6.07) is 5.87. The van der Waals surface area contributed by atoms with Crippen molar-refractivity contribution in [3.63, 3.8) is 0 Å². The normalized spacial score (nSPS) is 23.1. The van der Waals surface area contributed by atoms with Crippen LogP contribution < -0.4 is 10.6 Å². The molecule has 1 amide bonds. The van der Waals surface area contributed by atoms with Gasteiger partial charge in [-0.2, -0.15) is 0 Å². The number of aryl methyl sites for hydroxylation is 1. The van der Waals surface area contributed by atoms with Gasteiger partial charge in [0.1, 0.15) is 0 Å². The van der Waals surface area contributed by atoms with E-state index in [2.05, 4.69) is 26.6 Å². The van der Waals surface area contributed by atoms with Crippen LogP contribution in [0.15, 0.2) is 22.7 Å². The standard InChI is InChI=1S/C13H17BrN2O2/c1-8-5-9(3-4-11(8)14)16-13(17)10-6-18-7-12(10)15-2/h3-5,10,12,15H,6-7H2,1-2H3,(H,16,17). The largest absolute Gasteiger partial charge is 0.379 e. The van der Waals surface area contributed by atoms with Crippen LogP contribution in [0.25, 0.3) is 0 Å². The zero-order valence-corrected chi connectivity index (χ0v) is 12.1. The van der Waals surface area contributed by atoms with E-state index in [0.29, 0.717) is 13.2 Å². The molecule has 1 aliphatic rings. The molecule has 2 unspecified atom stereocenters. The van der Waals surface area contributed by atoms with Crippen molar-refractivity contribution in [2.24, 2.45) is 5.92 Å². The van der Waals surface area contributed by atoms with Crippen LogP contribution in [-0.4, -0.2) is 32.2 Å². The summed E-state index contributed by atoms with van der Waals surface area (Å²) in [6.07, 6.45) is 0. The predicted octanol–water partition coefficient (Wildman–Crippen LogP) is 1.93. The number of carbonyl (C=O) groups excluding carboxylic acids is 1. The van der Waals surface area contributed by atoms with Crippen LogP contribution in [0.3, 0.4) is 0 Å². The Morgan fingerprint density at radius 1 is 1.44 bits per heavy atom. The second kappa shape index (κ2) is 5.82. The first-order valence-corrected chi connectivity index (χ1v) is 6.73. The number of hydrogen-bond donors (Lipinski definition) is 2. The number of ether oxygens (including phenoxy) is 1. The van der Waals surface area contributed by atoms with Crippen LogP contribution in [0.2, 0.25) is 0 Å². The molecule has 1 aromatic rings. The highest BCUT2D eigenvalue weighted by atomic mass is 79.9. The fourth-order valence-electron chi connectivity index (χ4n) is 2.05. The number of hydrogen-bond acceptors (Lipinski definition) is 3. The summed E-state index contributed by atoms with van der Waals surface area (Å²) in [5.74, 6) is -0.118. The summed E-state index contributed by atoms with van der Waals surface area (Å²) in [5, 5.41) is 6.04. The maximum atomic E-state index is 12.1. The lowest BCUT2D eigenvalue weighted by molar-refractivity contribution is -0.120. The molecular weight excluding hydrogens is 296 g/mol. The van der Waals surface area contributed by atoms with Gasteiger partial charge in [0.15, 0.2) is 0 Å². The Morgan fingerprint density at radius 2 is 2.22 bits per heavy atom. The molecule has 4 nitrogen and oxygen atoms in total. The Morgan fingerprint density at radius 3 is 2.89 bits per heavy atom. The van der Waals surface area contributed by atoms with Crippen molar-refractivity contribution in [1.29, 1.82) is 0 Å². The first-order valence-electron chi connectivity index (χ1n) is 5.94. The molecule has 1 fully saturated rings. The second-order valence-corrected chi connectivity index (χ2v) is 5.35. The molecule has 0 saturated carbocycles. The van der Waals surface area contributed by atoms with Crippen molar-refractivity contribution in [1.82, 2.24) is 5.32 Å². The van der Waals surface area contributed by atoms with E-state index in [-0.39, 0.29) is 17.9 Å². The van der Waals surface area contributed by atoms with Gasteiger partial charge in [0, 0.05) is 16.2 Å². The number of halogens is 1. The molecule has 1 aliphatic heterocycles. The van der Waals surface area contributed by atoms with Crippen LogP contribution >= 0.6 is 15.9 Å². The van der Waals surface area contributed by atoms with Gasteiger partial charge in [-0.25, -0.2) is 0 Å². The highest BCUT2D eigenvalue weighted by Gasteiger charge is 2.32. The Bertz CT molecular complexity index is 451. The van der Waals surface area contributed by atoms with Gasteiger partial charge in [-0.3, -0.25) is 4.79 Å². The van der Waals surface area contributed by atoms with Gasteiger partial charge in [0.25, 0.3) is 0 Å². The van der Waals surface area contributed by atoms with Gasteiger partial charge in [0.05, 0.1) is 19.1 Å². The van der Waals surface area contributed by atoms with E-state index in [1.807, 2.05) is 32.2 Å². The average Bonchev–Trinajstić information content (AvgIpc) is 2.82. The quantitative estimate of drug-likeness (QED) is 0.896. The van der Waals surface area contributed by atoms with Crippen LogP contribution in [0.5, 0.6) is 0 Å². The third-order valence-corrected chi connectivity index (χ3v) is 4.10. The number of rotatable bonds is 3. The molecule has 1 aromatic carbocycles. The molecule has 0 radical (unpaired) electrons. The summed E-state index contributed by atoms with van der Waals surface area (Å²) in [5.41, 5.74) is 1.92. The minimum Gasteiger partial charge on any atom is -0.379 e. The van der Waals surface area contributed by atoms with Crippen LogP contribution in [0.4, 0.5) is 5.69 Å². The van der Waals surface area contributed by atoms with Gasteiger partial charge in [-0.15, -0.1) is 0 Å². The third-order valence-electron chi connectivity index (χ3n) is 3.21. The summed E-state index contributed by atoms with van der Waals surface area (Å²) < 4.78 is 6.37. The lowest BCUT2D eigenvalue weighted by Gasteiger charge is -2.16. The molecule has 1 saturated heterocycles. The summed E-state index contributed by atoms with van der Waals surface area (Å²) in [4.78, 5) is 12.1. The Labute approximate surface area is 115 Å². The predicted molar refractivity (Wildman–Crippen MR) is 74.7 cm³/mol. The lowest BCUT2D eigenvalue weighted by Crippen LogP contribution is -2.39. The molecule has 0 bridgehead atoms. The first-order chi connectivity index (χ1) is 8.61. The van der Waals surface area contributed by atoms with Crippen LogP contribution in [-0.2, 0) is 9.53 Å². The van der Waals surface area contributed by atoms with Gasteiger partial charge in [0.2, 0.25) is 5.91 Å². The molecule has 5 heteroatoms. The molecule has 98 valence electrons. The van der Waals surface area contributed by atoms with Crippen molar-refractivity contribution in [2.75, 3.05) is 25.6 Å². The monoisotopic (exact) mass is 312 g/mol. The first kappa shape index (κ1) is 13.5. The summed E-state index contributed by atoms with van der Waals surface area (Å²) >= 11 is 3.44. The zero-order valence-electron chi connectivity index (χ0n) is 10.5. The van der Waals surface area contributed by atoms with E-state index in [4.69, 9.17) is 4.74 Å². The van der Waals surface area contributed by atoms with E-state index < -0.39 is 0 Å². The average molecular weight is 313 g/mol. The number of carbonyl (C=O) groups is 1. The Hall–Kier alpha value is -0.910. The van der Waals surface area contributed by atoms with E-state index >= 15 is 0 Å². The van der Waals surface area contributed by atoms with Gasteiger partial charge < -0.3 is 15.4 Å². The second-order valence-electron chi connectivity index (χ2n) is 4.49. The zero-order chi connectivity index (χ0) is 13.1. The van der Waals surface area contributed by atoms with Crippen molar-refractivity contribution < 1.29 is 9.53 Å². The Balaban J connectivity index is 2.04. The molecule has 2 atom stereocenters. The highest BCUT2D eigenvalue weighted by molar-refractivity contribution is 9.10. The summed E-state index contributed by atoms with van der Waals surface area (Å²) in [7, 11) is 1.85. The van der Waals surface area contributed by atoms with Crippen molar-refractivity contribution in [2.45, 2.75) is 13.0 Å². The number of nitrogens with one attached hydrogen (secondary N) is 2. The van der Waals surface area contributed by atoms with E-state index in [9.17, 15) is 4.79 Å². The number of amides is 1.